The van der Waals surface area contributed by atoms with Crippen LogP contribution >= 0.6 is 0 Å². The third-order valence-corrected chi connectivity index (χ3v) is 5.69. The van der Waals surface area contributed by atoms with Crippen molar-refractivity contribution in [3.63, 3.8) is 0 Å². The van der Waals surface area contributed by atoms with Gasteiger partial charge in [0.1, 0.15) is 0 Å². The molecule has 1 aliphatic carbocycles. The molecule has 0 atom stereocenters. The first kappa shape index (κ1) is 16.5. The van der Waals surface area contributed by atoms with Crippen LogP contribution in [-0.2, 0) is 16.6 Å². The van der Waals surface area contributed by atoms with Crippen LogP contribution in [0.3, 0.4) is 0 Å². The van der Waals surface area contributed by atoms with E-state index in [9.17, 15) is 8.42 Å². The molecule has 0 amide bonds. The molecule has 2 N–H and O–H groups in total. The van der Waals surface area contributed by atoms with Crippen LogP contribution in [0.25, 0.3) is 0 Å². The normalized spacial score (nSPS) is 16.1. The van der Waals surface area contributed by atoms with E-state index in [2.05, 4.69) is 29.4 Å². The minimum atomic E-state index is -3.52. The molecule has 0 aliphatic heterocycles. The van der Waals surface area contributed by atoms with Gasteiger partial charge in [-0.15, -0.1) is 0 Å². The molecule has 0 bridgehead atoms. The van der Waals surface area contributed by atoms with E-state index in [0.29, 0.717) is 25.0 Å². The first-order valence-electron chi connectivity index (χ1n) is 7.56. The first-order chi connectivity index (χ1) is 9.82. The Kier molecular flexibility index (Phi) is 5.06. The third-order valence-electron chi connectivity index (χ3n) is 3.86. The van der Waals surface area contributed by atoms with Crippen LogP contribution in [-0.4, -0.2) is 42.6 Å². The summed E-state index contributed by atoms with van der Waals surface area (Å²) in [4.78, 5) is 0. The maximum absolute atomic E-state index is 12.7. The molecule has 7 heteroatoms. The van der Waals surface area contributed by atoms with Gasteiger partial charge in [0.2, 0.25) is 0 Å². The Morgan fingerprint density at radius 2 is 2.10 bits per heavy atom. The summed E-state index contributed by atoms with van der Waals surface area (Å²) in [6, 6.07) is 0.536. The van der Waals surface area contributed by atoms with Crippen molar-refractivity contribution in [3.05, 3.63) is 11.3 Å². The zero-order valence-electron chi connectivity index (χ0n) is 13.3. The number of aryl methyl sites for hydroxylation is 1. The summed E-state index contributed by atoms with van der Waals surface area (Å²) in [7, 11) is -1.90. The Morgan fingerprint density at radius 3 is 2.67 bits per heavy atom. The number of aromatic amines is 1. The Labute approximate surface area is 127 Å². The number of hydrogen-bond donors (Lipinski definition) is 2. The van der Waals surface area contributed by atoms with Crippen molar-refractivity contribution < 1.29 is 8.42 Å². The van der Waals surface area contributed by atoms with Crippen molar-refractivity contribution in [3.8, 4) is 0 Å². The van der Waals surface area contributed by atoms with Crippen molar-refractivity contribution >= 4 is 10.0 Å². The molecule has 0 spiro atoms. The zero-order chi connectivity index (χ0) is 15.6. The Morgan fingerprint density at radius 1 is 1.43 bits per heavy atom. The molecule has 2 rings (SSSR count). The maximum atomic E-state index is 12.7. The lowest BCUT2D eigenvalue weighted by atomic mass is 10.1. The highest BCUT2D eigenvalue weighted by Crippen LogP contribution is 2.23. The van der Waals surface area contributed by atoms with Crippen LogP contribution in [0, 0.1) is 12.8 Å². The Bertz CT molecular complexity index is 576. The summed E-state index contributed by atoms with van der Waals surface area (Å²) in [5, 5.41) is 10.4. The van der Waals surface area contributed by atoms with Crippen LogP contribution in [0.5, 0.6) is 0 Å². The fourth-order valence-electron chi connectivity index (χ4n) is 2.09. The van der Waals surface area contributed by atoms with Crippen LogP contribution < -0.4 is 5.32 Å². The molecular formula is C14H26N4O2S. The van der Waals surface area contributed by atoms with E-state index in [4.69, 9.17) is 0 Å². The lowest BCUT2D eigenvalue weighted by molar-refractivity contribution is 0.425. The van der Waals surface area contributed by atoms with E-state index in [1.54, 1.807) is 7.05 Å². The number of aromatic nitrogens is 2. The van der Waals surface area contributed by atoms with Gasteiger partial charge >= 0.3 is 0 Å². The lowest BCUT2D eigenvalue weighted by Crippen LogP contribution is -2.30. The molecule has 0 saturated heterocycles. The molecule has 6 nitrogen and oxygen atoms in total. The highest BCUT2D eigenvalue weighted by Gasteiger charge is 2.29. The van der Waals surface area contributed by atoms with Crippen LogP contribution in [0.4, 0.5) is 0 Å². The largest absolute Gasteiger partial charge is 0.310 e. The van der Waals surface area contributed by atoms with Gasteiger partial charge in [-0.05, 0) is 32.1 Å². The molecule has 1 fully saturated rings. The molecule has 1 heterocycles. The summed E-state index contributed by atoms with van der Waals surface area (Å²) >= 11 is 0. The highest BCUT2D eigenvalue weighted by atomic mass is 32.2. The van der Waals surface area contributed by atoms with Crippen molar-refractivity contribution in [2.24, 2.45) is 5.92 Å². The zero-order valence-corrected chi connectivity index (χ0v) is 14.1. The summed E-state index contributed by atoms with van der Waals surface area (Å²) in [6.45, 7) is 7.11. The molecule has 0 aromatic carbocycles. The summed E-state index contributed by atoms with van der Waals surface area (Å²) in [5.41, 5.74) is 1.58. The Hall–Kier alpha value is -0.920. The Balaban J connectivity index is 2.14. The van der Waals surface area contributed by atoms with E-state index < -0.39 is 10.0 Å². The van der Waals surface area contributed by atoms with Gasteiger partial charge in [-0.2, -0.15) is 9.40 Å². The second-order valence-corrected chi connectivity index (χ2v) is 8.26. The first-order valence-corrected chi connectivity index (χ1v) is 9.00. The van der Waals surface area contributed by atoms with Gasteiger partial charge in [-0.3, -0.25) is 5.10 Å². The summed E-state index contributed by atoms with van der Waals surface area (Å²) in [6.07, 6.45) is 3.19. The highest BCUT2D eigenvalue weighted by molar-refractivity contribution is 7.89. The number of nitrogens with zero attached hydrogens (tertiary/aromatic N) is 2. The predicted molar refractivity (Wildman–Crippen MR) is 82.5 cm³/mol. The molecule has 1 aliphatic rings. The molecular weight excluding hydrogens is 288 g/mol. The second kappa shape index (κ2) is 6.46. The van der Waals surface area contributed by atoms with Gasteiger partial charge < -0.3 is 5.32 Å². The molecule has 0 radical (unpaired) electrons. The average Bonchev–Trinajstić information content (AvgIpc) is 3.16. The van der Waals surface area contributed by atoms with Gasteiger partial charge in [0.05, 0.1) is 0 Å². The number of rotatable bonds is 8. The molecule has 120 valence electrons. The lowest BCUT2D eigenvalue weighted by Gasteiger charge is -2.17. The fourth-order valence-corrected chi connectivity index (χ4v) is 3.43. The van der Waals surface area contributed by atoms with E-state index >= 15 is 0 Å². The quantitative estimate of drug-likeness (QED) is 0.764. The average molecular weight is 314 g/mol. The van der Waals surface area contributed by atoms with Gasteiger partial charge in [-0.25, -0.2) is 8.42 Å². The van der Waals surface area contributed by atoms with Gasteiger partial charge in [0.25, 0.3) is 10.0 Å². The van der Waals surface area contributed by atoms with Crippen LogP contribution in [0.2, 0.25) is 0 Å². The third kappa shape index (κ3) is 4.05. The topological polar surface area (TPSA) is 78.1 Å². The van der Waals surface area contributed by atoms with Gasteiger partial charge in [0, 0.05) is 37.4 Å². The minimum absolute atomic E-state index is 0.166. The van der Waals surface area contributed by atoms with Crippen LogP contribution in [0.1, 0.15) is 44.4 Å². The van der Waals surface area contributed by atoms with Crippen molar-refractivity contribution in [1.82, 2.24) is 19.8 Å². The minimum Gasteiger partial charge on any atom is -0.310 e. The number of sulfonamides is 1. The van der Waals surface area contributed by atoms with Crippen molar-refractivity contribution in [2.75, 3.05) is 13.6 Å². The maximum Gasteiger partial charge on any atom is 0.262 e. The van der Waals surface area contributed by atoms with Crippen molar-refractivity contribution in [1.29, 1.82) is 0 Å². The predicted octanol–water partition coefficient (Wildman–Crippen LogP) is 1.64. The molecule has 1 saturated carbocycles. The van der Waals surface area contributed by atoms with E-state index in [1.165, 1.54) is 17.1 Å². The van der Waals surface area contributed by atoms with Crippen molar-refractivity contribution in [2.45, 2.75) is 57.6 Å². The summed E-state index contributed by atoms with van der Waals surface area (Å²) in [5.74, 6) is 0.472. The molecule has 1 aromatic rings. The van der Waals surface area contributed by atoms with Gasteiger partial charge in [-0.1, -0.05) is 13.8 Å². The molecule has 1 aromatic heterocycles. The number of nitrogens with one attached hydrogen (secondary N) is 2. The number of H-pyrrole nitrogens is 1. The standard InChI is InChI=1S/C14H26N4O2S/c1-10(2)7-8-18(4)21(19,20)14-13(11(3)16-17-14)9-15-12-5-6-12/h10,12,15H,5-9H2,1-4H3,(H,16,17). The van der Waals surface area contributed by atoms with E-state index in [0.717, 1.165) is 17.7 Å². The number of hydrogen-bond acceptors (Lipinski definition) is 4. The van der Waals surface area contributed by atoms with Gasteiger partial charge in [0.15, 0.2) is 5.03 Å². The molecule has 0 unspecified atom stereocenters. The smallest absolute Gasteiger partial charge is 0.262 e. The van der Waals surface area contributed by atoms with E-state index in [-0.39, 0.29) is 5.03 Å². The van der Waals surface area contributed by atoms with Crippen LogP contribution in [0.15, 0.2) is 5.03 Å². The van der Waals surface area contributed by atoms with E-state index in [1.807, 2.05) is 6.92 Å². The second-order valence-electron chi connectivity index (χ2n) is 6.30. The fraction of sp³-hybridized carbons (Fsp3) is 0.786. The molecule has 21 heavy (non-hydrogen) atoms. The SMILES string of the molecule is Cc1[nH]nc(S(=O)(=O)N(C)CCC(C)C)c1CNC1CC1. The summed E-state index contributed by atoms with van der Waals surface area (Å²) < 4.78 is 26.7. The monoisotopic (exact) mass is 314 g/mol.